The Labute approximate surface area is 178 Å². The van der Waals surface area contributed by atoms with Gasteiger partial charge < -0.3 is 14.8 Å². The van der Waals surface area contributed by atoms with E-state index in [1.165, 1.54) is 6.07 Å². The third kappa shape index (κ3) is 6.48. The summed E-state index contributed by atoms with van der Waals surface area (Å²) in [6.07, 6.45) is 5.15. The van der Waals surface area contributed by atoms with Gasteiger partial charge in [-0.1, -0.05) is 62.2 Å². The van der Waals surface area contributed by atoms with E-state index in [1.807, 2.05) is 59.6 Å². The SMILES string of the molecule is CCCCCN(Cc1cccn1Cc1cccc(F)c1)C(=O)NCc1ccccc1. The second-order valence-electron chi connectivity index (χ2n) is 7.53. The number of nitrogens with zero attached hydrogens (tertiary/aromatic N) is 2. The van der Waals surface area contributed by atoms with Gasteiger partial charge in [0.1, 0.15) is 5.82 Å². The standard InChI is InChI=1S/C25H30FN3O/c1-2-3-7-15-29(25(30)27-18-21-10-5-4-6-11-21)20-24-14-9-16-28(24)19-22-12-8-13-23(26)17-22/h4-6,8-14,16-17H,2-3,7,15,18-20H2,1H3,(H,27,30). The van der Waals surface area contributed by atoms with Crippen LogP contribution < -0.4 is 5.32 Å². The van der Waals surface area contributed by atoms with Gasteiger partial charge >= 0.3 is 6.03 Å². The van der Waals surface area contributed by atoms with Gasteiger partial charge in [-0.05, 0) is 41.8 Å². The summed E-state index contributed by atoms with van der Waals surface area (Å²) < 4.78 is 15.6. The summed E-state index contributed by atoms with van der Waals surface area (Å²) in [5.41, 5.74) is 3.01. The van der Waals surface area contributed by atoms with Crippen LogP contribution in [-0.2, 0) is 19.6 Å². The molecule has 4 nitrogen and oxygen atoms in total. The summed E-state index contributed by atoms with van der Waals surface area (Å²) in [4.78, 5) is 14.8. The van der Waals surface area contributed by atoms with Crippen LogP contribution in [0, 0.1) is 5.82 Å². The van der Waals surface area contributed by atoms with Crippen molar-refractivity contribution in [1.82, 2.24) is 14.8 Å². The molecule has 0 saturated heterocycles. The number of unbranched alkanes of at least 4 members (excludes halogenated alkanes) is 2. The average molecular weight is 408 g/mol. The van der Waals surface area contributed by atoms with Crippen molar-refractivity contribution in [2.75, 3.05) is 6.54 Å². The lowest BCUT2D eigenvalue weighted by Crippen LogP contribution is -2.40. The van der Waals surface area contributed by atoms with E-state index in [-0.39, 0.29) is 11.8 Å². The molecule has 0 aliphatic carbocycles. The normalized spacial score (nSPS) is 10.7. The fourth-order valence-corrected chi connectivity index (χ4v) is 3.47. The quantitative estimate of drug-likeness (QED) is 0.438. The Balaban J connectivity index is 1.67. The van der Waals surface area contributed by atoms with Crippen LogP contribution in [0.1, 0.15) is 43.0 Å². The maximum absolute atomic E-state index is 13.5. The molecule has 0 unspecified atom stereocenters. The molecule has 0 atom stereocenters. The summed E-state index contributed by atoms with van der Waals surface area (Å²) in [6.45, 7) is 4.47. The van der Waals surface area contributed by atoms with E-state index in [0.29, 0.717) is 26.2 Å². The first-order valence-electron chi connectivity index (χ1n) is 10.6. The highest BCUT2D eigenvalue weighted by atomic mass is 19.1. The lowest BCUT2D eigenvalue weighted by molar-refractivity contribution is 0.192. The van der Waals surface area contributed by atoms with Gasteiger partial charge in [0.2, 0.25) is 0 Å². The molecule has 158 valence electrons. The van der Waals surface area contributed by atoms with E-state index in [2.05, 4.69) is 16.8 Å². The second kappa shape index (κ2) is 11.2. The van der Waals surface area contributed by atoms with Gasteiger partial charge in [0.05, 0.1) is 6.54 Å². The number of urea groups is 1. The Hall–Kier alpha value is -3.08. The zero-order chi connectivity index (χ0) is 21.2. The Morgan fingerprint density at radius 2 is 1.80 bits per heavy atom. The van der Waals surface area contributed by atoms with E-state index in [0.717, 1.165) is 36.1 Å². The van der Waals surface area contributed by atoms with E-state index in [9.17, 15) is 9.18 Å². The number of aromatic nitrogens is 1. The van der Waals surface area contributed by atoms with Crippen LogP contribution in [0.4, 0.5) is 9.18 Å². The molecule has 0 aliphatic rings. The Morgan fingerprint density at radius 1 is 1.00 bits per heavy atom. The summed E-state index contributed by atoms with van der Waals surface area (Å²) in [7, 11) is 0. The van der Waals surface area contributed by atoms with Crippen molar-refractivity contribution < 1.29 is 9.18 Å². The van der Waals surface area contributed by atoms with Gasteiger partial charge in [-0.3, -0.25) is 0 Å². The molecule has 0 aliphatic heterocycles. The number of halogens is 1. The zero-order valence-corrected chi connectivity index (χ0v) is 17.6. The molecule has 1 aromatic heterocycles. The molecular weight excluding hydrogens is 377 g/mol. The molecule has 0 saturated carbocycles. The molecule has 30 heavy (non-hydrogen) atoms. The summed E-state index contributed by atoms with van der Waals surface area (Å²) >= 11 is 0. The Kier molecular flexibility index (Phi) is 8.07. The Morgan fingerprint density at radius 3 is 2.57 bits per heavy atom. The smallest absolute Gasteiger partial charge is 0.318 e. The van der Waals surface area contributed by atoms with Crippen molar-refractivity contribution in [2.45, 2.75) is 45.8 Å². The highest BCUT2D eigenvalue weighted by Crippen LogP contribution is 2.13. The molecule has 0 radical (unpaired) electrons. The molecular formula is C25H30FN3O. The van der Waals surface area contributed by atoms with Crippen molar-refractivity contribution in [1.29, 1.82) is 0 Å². The molecule has 0 bridgehead atoms. The van der Waals surface area contributed by atoms with Crippen LogP contribution in [0.25, 0.3) is 0 Å². The number of carbonyl (C=O) groups is 1. The number of rotatable bonds is 10. The average Bonchev–Trinajstić information content (AvgIpc) is 3.18. The lowest BCUT2D eigenvalue weighted by Gasteiger charge is -2.24. The van der Waals surface area contributed by atoms with Crippen LogP contribution >= 0.6 is 0 Å². The first-order valence-corrected chi connectivity index (χ1v) is 10.6. The number of nitrogens with one attached hydrogen (secondary N) is 1. The van der Waals surface area contributed by atoms with Crippen molar-refractivity contribution >= 4 is 6.03 Å². The molecule has 2 aromatic carbocycles. The number of benzene rings is 2. The second-order valence-corrected chi connectivity index (χ2v) is 7.53. The van der Waals surface area contributed by atoms with E-state index < -0.39 is 0 Å². The van der Waals surface area contributed by atoms with Crippen LogP contribution in [0.5, 0.6) is 0 Å². The predicted octanol–water partition coefficient (Wildman–Crippen LogP) is 5.58. The minimum absolute atomic E-state index is 0.0616. The number of hydrogen-bond acceptors (Lipinski definition) is 1. The minimum atomic E-state index is -0.234. The van der Waals surface area contributed by atoms with Crippen LogP contribution in [0.15, 0.2) is 72.9 Å². The lowest BCUT2D eigenvalue weighted by atomic mass is 10.2. The fourth-order valence-electron chi connectivity index (χ4n) is 3.47. The van der Waals surface area contributed by atoms with Crippen molar-refractivity contribution in [3.05, 3.63) is 95.6 Å². The maximum Gasteiger partial charge on any atom is 0.318 e. The van der Waals surface area contributed by atoms with Crippen molar-refractivity contribution in [2.24, 2.45) is 0 Å². The summed E-state index contributed by atoms with van der Waals surface area (Å²) in [5.74, 6) is -0.234. The molecule has 2 amide bonds. The maximum atomic E-state index is 13.5. The number of hydrogen-bond donors (Lipinski definition) is 1. The summed E-state index contributed by atoms with van der Waals surface area (Å²) in [5, 5.41) is 3.04. The highest BCUT2D eigenvalue weighted by molar-refractivity contribution is 5.74. The van der Waals surface area contributed by atoms with Crippen LogP contribution in [0.2, 0.25) is 0 Å². The predicted molar refractivity (Wildman–Crippen MR) is 119 cm³/mol. The third-order valence-electron chi connectivity index (χ3n) is 5.12. The summed E-state index contributed by atoms with van der Waals surface area (Å²) in [6, 6.07) is 20.5. The molecule has 3 aromatic rings. The van der Waals surface area contributed by atoms with E-state index in [4.69, 9.17) is 0 Å². The molecule has 1 N–H and O–H groups in total. The van der Waals surface area contributed by atoms with E-state index >= 15 is 0 Å². The third-order valence-corrected chi connectivity index (χ3v) is 5.12. The molecule has 0 fully saturated rings. The largest absolute Gasteiger partial charge is 0.345 e. The topological polar surface area (TPSA) is 37.3 Å². The van der Waals surface area contributed by atoms with Crippen LogP contribution in [-0.4, -0.2) is 22.0 Å². The Bertz CT molecular complexity index is 923. The van der Waals surface area contributed by atoms with Gasteiger partial charge in [0, 0.05) is 31.5 Å². The first kappa shape index (κ1) is 21.6. The van der Waals surface area contributed by atoms with Gasteiger partial charge in [0.15, 0.2) is 0 Å². The van der Waals surface area contributed by atoms with Gasteiger partial charge in [-0.15, -0.1) is 0 Å². The highest BCUT2D eigenvalue weighted by Gasteiger charge is 2.15. The minimum Gasteiger partial charge on any atom is -0.345 e. The fraction of sp³-hybridized carbons (Fsp3) is 0.320. The zero-order valence-electron chi connectivity index (χ0n) is 17.6. The molecule has 1 heterocycles. The van der Waals surface area contributed by atoms with Gasteiger partial charge in [-0.2, -0.15) is 0 Å². The van der Waals surface area contributed by atoms with Gasteiger partial charge in [-0.25, -0.2) is 9.18 Å². The van der Waals surface area contributed by atoms with E-state index in [1.54, 1.807) is 12.1 Å². The van der Waals surface area contributed by atoms with Crippen molar-refractivity contribution in [3.8, 4) is 0 Å². The van der Waals surface area contributed by atoms with Crippen LogP contribution in [0.3, 0.4) is 0 Å². The van der Waals surface area contributed by atoms with Crippen molar-refractivity contribution in [3.63, 3.8) is 0 Å². The number of carbonyl (C=O) groups excluding carboxylic acids is 1. The first-order chi connectivity index (χ1) is 14.7. The molecule has 3 rings (SSSR count). The monoisotopic (exact) mass is 407 g/mol. The van der Waals surface area contributed by atoms with Gasteiger partial charge in [0.25, 0.3) is 0 Å². The number of amides is 2. The molecule has 0 spiro atoms. The molecule has 5 heteroatoms.